The Hall–Kier alpha value is -1.87. The van der Waals surface area contributed by atoms with Gasteiger partial charge >= 0.3 is 0 Å². The van der Waals surface area contributed by atoms with E-state index in [1.165, 1.54) is 16.3 Å². The van der Waals surface area contributed by atoms with Crippen LogP contribution in [0.5, 0.6) is 0 Å². The zero-order valence-electron chi connectivity index (χ0n) is 9.89. The number of nitrogens with two attached hydrogens (primary N) is 2. The Balaban J connectivity index is 2.31. The molecule has 1 amide bonds. The number of amides is 1. The second-order valence-corrected chi connectivity index (χ2v) is 4.26. The first-order valence-electron chi connectivity index (χ1n) is 5.78. The third-order valence-electron chi connectivity index (χ3n) is 2.99. The number of fused-ring (bicyclic) bond motifs is 1. The number of benzene rings is 2. The monoisotopic (exact) mass is 229 g/mol. The summed E-state index contributed by atoms with van der Waals surface area (Å²) in [7, 11) is 0. The van der Waals surface area contributed by atoms with Gasteiger partial charge < -0.3 is 11.1 Å². The van der Waals surface area contributed by atoms with Crippen molar-refractivity contribution in [1.29, 1.82) is 0 Å². The van der Waals surface area contributed by atoms with Crippen LogP contribution in [0.25, 0.3) is 10.8 Å². The highest BCUT2D eigenvalue weighted by atomic mass is 16.1. The Morgan fingerprint density at radius 1 is 1.24 bits per heavy atom. The minimum atomic E-state index is -0.280. The van der Waals surface area contributed by atoms with Gasteiger partial charge in [0, 0.05) is 5.56 Å². The van der Waals surface area contributed by atoms with E-state index in [1.807, 2.05) is 23.5 Å². The van der Waals surface area contributed by atoms with E-state index in [4.69, 9.17) is 5.73 Å². The SMILES string of the molecule is C[C@@H]([NH2+]CC(N)=O)c1cccc2ccccc12. The van der Waals surface area contributed by atoms with Crippen LogP contribution in [0, 0.1) is 0 Å². The van der Waals surface area contributed by atoms with Gasteiger partial charge in [-0.2, -0.15) is 0 Å². The first-order chi connectivity index (χ1) is 8.18. The lowest BCUT2D eigenvalue weighted by Crippen LogP contribution is -2.86. The molecule has 0 saturated heterocycles. The van der Waals surface area contributed by atoms with Crippen LogP contribution in [0.15, 0.2) is 42.5 Å². The molecule has 4 N–H and O–H groups in total. The van der Waals surface area contributed by atoms with Crippen molar-refractivity contribution in [3.8, 4) is 0 Å². The highest BCUT2D eigenvalue weighted by Gasteiger charge is 2.12. The van der Waals surface area contributed by atoms with Crippen molar-refractivity contribution in [2.75, 3.05) is 6.54 Å². The van der Waals surface area contributed by atoms with Crippen LogP contribution in [0.2, 0.25) is 0 Å². The van der Waals surface area contributed by atoms with Gasteiger partial charge in [-0.05, 0) is 17.7 Å². The van der Waals surface area contributed by atoms with E-state index >= 15 is 0 Å². The van der Waals surface area contributed by atoms with Crippen molar-refractivity contribution < 1.29 is 10.1 Å². The quantitative estimate of drug-likeness (QED) is 0.805. The van der Waals surface area contributed by atoms with Gasteiger partial charge in [-0.15, -0.1) is 0 Å². The standard InChI is InChI=1S/C14H16N2O/c1-10(16-9-14(15)17)12-8-4-6-11-5-2-3-7-13(11)12/h2-8,10,16H,9H2,1H3,(H2,15,17)/p+1/t10-/m1/s1. The number of rotatable bonds is 4. The summed E-state index contributed by atoms with van der Waals surface area (Å²) >= 11 is 0. The molecule has 2 aromatic rings. The molecule has 0 unspecified atom stereocenters. The van der Waals surface area contributed by atoms with E-state index in [1.54, 1.807) is 0 Å². The van der Waals surface area contributed by atoms with Gasteiger partial charge in [0.25, 0.3) is 5.91 Å². The van der Waals surface area contributed by atoms with E-state index in [2.05, 4.69) is 31.2 Å². The number of quaternary nitrogens is 1. The number of primary amides is 1. The van der Waals surface area contributed by atoms with Gasteiger partial charge in [-0.3, -0.25) is 4.79 Å². The fourth-order valence-corrected chi connectivity index (χ4v) is 2.07. The molecule has 0 aliphatic rings. The molecule has 0 fully saturated rings. The van der Waals surface area contributed by atoms with Gasteiger partial charge in [0.05, 0.1) is 0 Å². The largest absolute Gasteiger partial charge is 0.365 e. The van der Waals surface area contributed by atoms with Crippen molar-refractivity contribution in [2.45, 2.75) is 13.0 Å². The summed E-state index contributed by atoms with van der Waals surface area (Å²) < 4.78 is 0. The molecule has 0 aliphatic carbocycles. The molecular weight excluding hydrogens is 212 g/mol. The van der Waals surface area contributed by atoms with Gasteiger partial charge in [-0.1, -0.05) is 42.5 Å². The highest BCUT2D eigenvalue weighted by Crippen LogP contribution is 2.21. The van der Waals surface area contributed by atoms with Crippen LogP contribution in [0.3, 0.4) is 0 Å². The summed E-state index contributed by atoms with van der Waals surface area (Å²) in [5.74, 6) is -0.280. The summed E-state index contributed by atoms with van der Waals surface area (Å²) in [4.78, 5) is 10.8. The molecule has 3 heteroatoms. The maximum atomic E-state index is 10.8. The average Bonchev–Trinajstić information content (AvgIpc) is 2.35. The molecule has 0 aromatic heterocycles. The van der Waals surface area contributed by atoms with E-state index < -0.39 is 0 Å². The van der Waals surface area contributed by atoms with Crippen LogP contribution in [-0.2, 0) is 4.79 Å². The van der Waals surface area contributed by atoms with E-state index in [-0.39, 0.29) is 11.9 Å². The van der Waals surface area contributed by atoms with Crippen LogP contribution in [-0.4, -0.2) is 12.5 Å². The normalized spacial score (nSPS) is 12.5. The Morgan fingerprint density at radius 3 is 2.71 bits per heavy atom. The van der Waals surface area contributed by atoms with E-state index in [9.17, 15) is 4.79 Å². The van der Waals surface area contributed by atoms with Gasteiger partial charge in [-0.25, -0.2) is 0 Å². The van der Waals surface area contributed by atoms with Crippen LogP contribution in [0.1, 0.15) is 18.5 Å². The molecular formula is C14H17N2O+. The Morgan fingerprint density at radius 2 is 1.94 bits per heavy atom. The molecule has 2 rings (SSSR count). The molecule has 0 saturated carbocycles. The summed E-state index contributed by atoms with van der Waals surface area (Å²) in [6.07, 6.45) is 0. The molecule has 17 heavy (non-hydrogen) atoms. The Labute approximate surface area is 101 Å². The zero-order valence-corrected chi connectivity index (χ0v) is 9.89. The Kier molecular flexibility index (Phi) is 3.40. The average molecular weight is 229 g/mol. The number of hydrogen-bond acceptors (Lipinski definition) is 1. The van der Waals surface area contributed by atoms with Crippen LogP contribution < -0.4 is 11.1 Å². The summed E-state index contributed by atoms with van der Waals surface area (Å²) in [5, 5.41) is 4.43. The first kappa shape index (κ1) is 11.6. The number of carbonyl (C=O) groups excluding carboxylic acids is 1. The van der Waals surface area contributed by atoms with Crippen molar-refractivity contribution in [2.24, 2.45) is 5.73 Å². The summed E-state index contributed by atoms with van der Waals surface area (Å²) in [6.45, 7) is 2.41. The third-order valence-corrected chi connectivity index (χ3v) is 2.99. The first-order valence-corrected chi connectivity index (χ1v) is 5.78. The number of carbonyl (C=O) groups is 1. The Bertz CT molecular complexity index is 531. The molecule has 0 aliphatic heterocycles. The fourth-order valence-electron chi connectivity index (χ4n) is 2.07. The lowest BCUT2D eigenvalue weighted by atomic mass is 10.00. The minimum absolute atomic E-state index is 0.230. The second-order valence-electron chi connectivity index (χ2n) is 4.26. The second kappa shape index (κ2) is 4.97. The molecule has 88 valence electrons. The van der Waals surface area contributed by atoms with Gasteiger partial charge in [0.1, 0.15) is 6.04 Å². The third kappa shape index (κ3) is 2.63. The van der Waals surface area contributed by atoms with Gasteiger partial charge in [0.2, 0.25) is 0 Å². The maximum absolute atomic E-state index is 10.8. The van der Waals surface area contributed by atoms with Crippen LogP contribution >= 0.6 is 0 Å². The summed E-state index contributed by atoms with van der Waals surface area (Å²) in [5.41, 5.74) is 6.40. The lowest BCUT2D eigenvalue weighted by Gasteiger charge is -2.12. The molecule has 0 bridgehead atoms. The molecule has 1 atom stereocenters. The predicted octanol–water partition coefficient (Wildman–Crippen LogP) is 0.950. The van der Waals surface area contributed by atoms with Crippen molar-refractivity contribution in [3.05, 3.63) is 48.0 Å². The topological polar surface area (TPSA) is 59.7 Å². The fraction of sp³-hybridized carbons (Fsp3) is 0.214. The molecule has 0 spiro atoms. The minimum Gasteiger partial charge on any atom is -0.365 e. The maximum Gasteiger partial charge on any atom is 0.272 e. The molecule has 0 heterocycles. The zero-order chi connectivity index (χ0) is 12.3. The predicted molar refractivity (Wildman–Crippen MR) is 68.3 cm³/mol. The van der Waals surface area contributed by atoms with Crippen LogP contribution in [0.4, 0.5) is 0 Å². The van der Waals surface area contributed by atoms with Crippen molar-refractivity contribution >= 4 is 16.7 Å². The molecule has 3 nitrogen and oxygen atoms in total. The summed E-state index contributed by atoms with van der Waals surface area (Å²) in [6, 6.07) is 14.7. The molecule has 2 aromatic carbocycles. The van der Waals surface area contributed by atoms with Crippen molar-refractivity contribution in [3.63, 3.8) is 0 Å². The highest BCUT2D eigenvalue weighted by molar-refractivity contribution is 5.85. The molecule has 0 radical (unpaired) electrons. The van der Waals surface area contributed by atoms with Gasteiger partial charge in [0.15, 0.2) is 6.54 Å². The van der Waals surface area contributed by atoms with E-state index in [0.717, 1.165) is 0 Å². The van der Waals surface area contributed by atoms with E-state index in [0.29, 0.717) is 6.54 Å². The number of hydrogen-bond donors (Lipinski definition) is 2. The smallest absolute Gasteiger partial charge is 0.272 e. The van der Waals surface area contributed by atoms with Crippen molar-refractivity contribution in [1.82, 2.24) is 0 Å². The lowest BCUT2D eigenvalue weighted by molar-refractivity contribution is -0.682.